The summed E-state index contributed by atoms with van der Waals surface area (Å²) in [5.74, 6) is -0.232. The molecule has 5 nitrogen and oxygen atoms in total. The summed E-state index contributed by atoms with van der Waals surface area (Å²) in [6.07, 6.45) is -1.09. The molecule has 0 aliphatic carbocycles. The lowest BCUT2D eigenvalue weighted by molar-refractivity contribution is -0.141. The van der Waals surface area contributed by atoms with Crippen LogP contribution in [-0.2, 0) is 4.79 Å². The van der Waals surface area contributed by atoms with Crippen molar-refractivity contribution in [2.75, 3.05) is 14.1 Å². The van der Waals surface area contributed by atoms with E-state index in [4.69, 9.17) is 0 Å². The van der Waals surface area contributed by atoms with E-state index in [0.29, 0.717) is 0 Å². The number of amides is 2. The van der Waals surface area contributed by atoms with E-state index in [1.165, 1.54) is 9.80 Å². The number of hydrogen-bond donors (Lipinski definition) is 1. The molecule has 0 heterocycles. The van der Waals surface area contributed by atoms with Crippen LogP contribution in [0.25, 0.3) is 0 Å². The molecule has 0 bridgehead atoms. The normalized spacial score (nSPS) is 12.2. The number of carbonyl (C=O) groups excluding carboxylic acids is 1. The first kappa shape index (κ1) is 14.7. The summed E-state index contributed by atoms with van der Waals surface area (Å²) in [6.45, 7) is 8.55. The standard InChI is InChI=1S/C11H22N2O3/c1-10(2,3)13(9(15)16)11(4,5)8(14)12(6)7/h1-7H3,(H,15,16). The molecule has 0 saturated carbocycles. The Bertz CT molecular complexity index is 290. The first-order chi connectivity index (χ1) is 6.92. The van der Waals surface area contributed by atoms with Gasteiger partial charge in [-0.1, -0.05) is 0 Å². The zero-order valence-electron chi connectivity index (χ0n) is 11.2. The second-order valence-corrected chi connectivity index (χ2v) is 5.55. The molecule has 2 amide bonds. The third-order valence-electron chi connectivity index (χ3n) is 2.35. The Labute approximate surface area is 97.0 Å². The molecule has 0 atom stereocenters. The number of rotatable bonds is 2. The van der Waals surface area contributed by atoms with Gasteiger partial charge in [0.25, 0.3) is 0 Å². The van der Waals surface area contributed by atoms with Crippen LogP contribution in [-0.4, -0.2) is 52.1 Å². The Morgan fingerprint density at radius 3 is 1.56 bits per heavy atom. The largest absolute Gasteiger partial charge is 0.465 e. The van der Waals surface area contributed by atoms with Gasteiger partial charge in [-0.2, -0.15) is 0 Å². The maximum Gasteiger partial charge on any atom is 0.408 e. The Balaban J connectivity index is 5.38. The van der Waals surface area contributed by atoms with Gasteiger partial charge in [0.15, 0.2) is 0 Å². The van der Waals surface area contributed by atoms with Gasteiger partial charge in [-0.3, -0.25) is 9.69 Å². The van der Waals surface area contributed by atoms with Crippen molar-refractivity contribution < 1.29 is 14.7 Å². The Kier molecular flexibility index (Phi) is 3.97. The molecule has 0 aromatic rings. The first-order valence-corrected chi connectivity index (χ1v) is 5.17. The highest BCUT2D eigenvalue weighted by Gasteiger charge is 2.44. The lowest BCUT2D eigenvalue weighted by Gasteiger charge is -2.44. The molecule has 1 N–H and O–H groups in total. The van der Waals surface area contributed by atoms with Crippen molar-refractivity contribution in [1.29, 1.82) is 0 Å². The third kappa shape index (κ3) is 2.87. The van der Waals surface area contributed by atoms with E-state index in [0.717, 1.165) is 0 Å². The van der Waals surface area contributed by atoms with E-state index >= 15 is 0 Å². The predicted octanol–water partition coefficient (Wildman–Crippen LogP) is 1.63. The van der Waals surface area contributed by atoms with Gasteiger partial charge in [-0.15, -0.1) is 0 Å². The molecule has 0 aliphatic heterocycles. The maximum atomic E-state index is 12.0. The van der Waals surface area contributed by atoms with Crippen LogP contribution < -0.4 is 0 Å². The van der Waals surface area contributed by atoms with Crippen LogP contribution in [0.15, 0.2) is 0 Å². The zero-order valence-corrected chi connectivity index (χ0v) is 11.2. The van der Waals surface area contributed by atoms with Gasteiger partial charge in [0.05, 0.1) is 0 Å². The van der Waals surface area contributed by atoms with E-state index in [1.54, 1.807) is 48.7 Å². The van der Waals surface area contributed by atoms with E-state index in [9.17, 15) is 14.7 Å². The average Bonchev–Trinajstić information content (AvgIpc) is 1.97. The van der Waals surface area contributed by atoms with Gasteiger partial charge in [0.2, 0.25) is 5.91 Å². The minimum atomic E-state index is -1.09. The lowest BCUT2D eigenvalue weighted by atomic mass is 9.94. The van der Waals surface area contributed by atoms with Crippen LogP contribution in [0.2, 0.25) is 0 Å². The van der Waals surface area contributed by atoms with E-state index in [-0.39, 0.29) is 5.91 Å². The molecule has 94 valence electrons. The average molecular weight is 230 g/mol. The summed E-state index contributed by atoms with van der Waals surface area (Å²) >= 11 is 0. The fourth-order valence-corrected chi connectivity index (χ4v) is 2.01. The fourth-order valence-electron chi connectivity index (χ4n) is 2.01. The van der Waals surface area contributed by atoms with Crippen LogP contribution in [0.1, 0.15) is 34.6 Å². The molecule has 0 spiro atoms. The zero-order chi connectivity index (χ0) is 13.3. The minimum absolute atomic E-state index is 0.232. The molecule has 0 fully saturated rings. The van der Waals surface area contributed by atoms with Crippen LogP contribution in [0.3, 0.4) is 0 Å². The molecule has 0 aliphatic rings. The third-order valence-corrected chi connectivity index (χ3v) is 2.35. The van der Waals surface area contributed by atoms with E-state index in [1.807, 2.05) is 0 Å². The van der Waals surface area contributed by atoms with Gasteiger partial charge in [0.1, 0.15) is 5.54 Å². The summed E-state index contributed by atoms with van der Waals surface area (Å²) in [5.41, 5.74) is -1.70. The fraction of sp³-hybridized carbons (Fsp3) is 0.818. The summed E-state index contributed by atoms with van der Waals surface area (Å²) < 4.78 is 0. The molecule has 0 rings (SSSR count). The van der Waals surface area contributed by atoms with E-state index in [2.05, 4.69) is 0 Å². The molecule has 16 heavy (non-hydrogen) atoms. The number of hydrogen-bond acceptors (Lipinski definition) is 2. The van der Waals surface area contributed by atoms with Crippen molar-refractivity contribution in [2.45, 2.75) is 45.7 Å². The minimum Gasteiger partial charge on any atom is -0.465 e. The Hall–Kier alpha value is -1.26. The highest BCUT2D eigenvalue weighted by molar-refractivity contribution is 5.88. The van der Waals surface area contributed by atoms with Gasteiger partial charge in [0, 0.05) is 19.6 Å². The van der Waals surface area contributed by atoms with Gasteiger partial charge >= 0.3 is 6.09 Å². The second-order valence-electron chi connectivity index (χ2n) is 5.55. The van der Waals surface area contributed by atoms with E-state index < -0.39 is 17.2 Å². The molecule has 0 radical (unpaired) electrons. The summed E-state index contributed by atoms with van der Waals surface area (Å²) in [6, 6.07) is 0. The smallest absolute Gasteiger partial charge is 0.408 e. The van der Waals surface area contributed by atoms with Crippen molar-refractivity contribution in [2.24, 2.45) is 0 Å². The predicted molar refractivity (Wildman–Crippen MR) is 62.4 cm³/mol. The molecule has 0 aromatic heterocycles. The number of carboxylic acid groups (broad SMARTS) is 1. The number of carbonyl (C=O) groups is 2. The topological polar surface area (TPSA) is 60.9 Å². The molecular weight excluding hydrogens is 208 g/mol. The lowest BCUT2D eigenvalue weighted by Crippen LogP contribution is -2.62. The Morgan fingerprint density at radius 1 is 1.00 bits per heavy atom. The summed E-state index contributed by atoms with van der Waals surface area (Å²) in [4.78, 5) is 25.8. The quantitative estimate of drug-likeness (QED) is 0.784. The van der Waals surface area contributed by atoms with Crippen molar-refractivity contribution in [3.05, 3.63) is 0 Å². The number of nitrogens with zero attached hydrogens (tertiary/aromatic N) is 2. The highest BCUT2D eigenvalue weighted by atomic mass is 16.4. The maximum absolute atomic E-state index is 12.0. The van der Waals surface area contributed by atoms with Crippen molar-refractivity contribution in [1.82, 2.24) is 9.80 Å². The van der Waals surface area contributed by atoms with Crippen LogP contribution >= 0.6 is 0 Å². The van der Waals surface area contributed by atoms with Gasteiger partial charge in [-0.25, -0.2) is 4.79 Å². The van der Waals surface area contributed by atoms with Crippen LogP contribution in [0, 0.1) is 0 Å². The SMILES string of the molecule is CN(C)C(=O)C(C)(C)N(C(=O)O)C(C)(C)C. The summed E-state index contributed by atoms with van der Waals surface area (Å²) in [5, 5.41) is 9.23. The van der Waals surface area contributed by atoms with Gasteiger partial charge in [-0.05, 0) is 34.6 Å². The first-order valence-electron chi connectivity index (χ1n) is 5.17. The molecule has 0 saturated heterocycles. The van der Waals surface area contributed by atoms with Gasteiger partial charge < -0.3 is 10.0 Å². The summed E-state index contributed by atoms with van der Waals surface area (Å²) in [7, 11) is 3.24. The molecule has 5 heteroatoms. The van der Waals surface area contributed by atoms with Crippen LogP contribution in [0.5, 0.6) is 0 Å². The van der Waals surface area contributed by atoms with Crippen molar-refractivity contribution in [3.8, 4) is 0 Å². The van der Waals surface area contributed by atoms with Crippen molar-refractivity contribution in [3.63, 3.8) is 0 Å². The van der Waals surface area contributed by atoms with Crippen molar-refractivity contribution >= 4 is 12.0 Å². The van der Waals surface area contributed by atoms with Crippen LogP contribution in [0.4, 0.5) is 4.79 Å². The number of likely N-dealkylation sites (N-methyl/N-ethyl adjacent to an activating group) is 1. The molecular formula is C11H22N2O3. The highest BCUT2D eigenvalue weighted by Crippen LogP contribution is 2.26. The molecule has 0 aromatic carbocycles. The monoisotopic (exact) mass is 230 g/mol. The second kappa shape index (κ2) is 4.31. The molecule has 0 unspecified atom stereocenters. The Morgan fingerprint density at radius 2 is 1.38 bits per heavy atom.